The van der Waals surface area contributed by atoms with Crippen molar-refractivity contribution in [2.75, 3.05) is 5.73 Å². The van der Waals surface area contributed by atoms with E-state index in [-0.39, 0.29) is 0 Å². The number of nitrogen functional groups attached to an aromatic ring is 1. The Bertz CT molecular complexity index is 558. The van der Waals surface area contributed by atoms with Gasteiger partial charge in [0.15, 0.2) is 5.82 Å². The Morgan fingerprint density at radius 2 is 2.11 bits per heavy atom. The summed E-state index contributed by atoms with van der Waals surface area (Å²) in [5, 5.41) is 0. The van der Waals surface area contributed by atoms with E-state index in [4.69, 9.17) is 5.73 Å². The van der Waals surface area contributed by atoms with Crippen molar-refractivity contribution in [3.63, 3.8) is 0 Å². The first-order valence-corrected chi connectivity index (χ1v) is 6.64. The van der Waals surface area contributed by atoms with E-state index in [1.807, 2.05) is 0 Å². The first-order valence-electron chi connectivity index (χ1n) is 5.16. The number of benzene rings is 1. The van der Waals surface area contributed by atoms with Gasteiger partial charge in [0, 0.05) is 6.04 Å². The van der Waals surface area contributed by atoms with Crippen molar-refractivity contribution in [2.24, 2.45) is 0 Å². The summed E-state index contributed by atoms with van der Waals surface area (Å²) >= 11 is 0. The predicted molar refractivity (Wildman–Crippen MR) is 65.4 cm³/mol. The van der Waals surface area contributed by atoms with Crippen molar-refractivity contribution >= 4 is 15.7 Å². The van der Waals surface area contributed by atoms with Gasteiger partial charge in [-0.05, 0) is 25.5 Å². The van der Waals surface area contributed by atoms with Crippen molar-refractivity contribution in [1.29, 1.82) is 0 Å². The van der Waals surface area contributed by atoms with Gasteiger partial charge < -0.3 is 5.73 Å². The lowest BCUT2D eigenvalue weighted by Gasteiger charge is -2.13. The van der Waals surface area contributed by atoms with Crippen LogP contribution in [-0.2, 0) is 10.0 Å². The minimum Gasteiger partial charge on any atom is -0.394 e. The summed E-state index contributed by atoms with van der Waals surface area (Å²) in [6.07, 6.45) is 1.92. The topological polar surface area (TPSA) is 72.2 Å². The minimum atomic E-state index is -4.07. The van der Waals surface area contributed by atoms with Crippen LogP contribution in [0.1, 0.15) is 13.3 Å². The number of anilines is 1. The Morgan fingerprint density at radius 3 is 2.67 bits per heavy atom. The van der Waals surface area contributed by atoms with Gasteiger partial charge in [-0.1, -0.05) is 6.08 Å². The highest BCUT2D eigenvalue weighted by Gasteiger charge is 2.23. The average Bonchev–Trinajstić information content (AvgIpc) is 2.25. The second-order valence-electron chi connectivity index (χ2n) is 3.82. The molecular weight excluding hydrogens is 262 g/mol. The van der Waals surface area contributed by atoms with Gasteiger partial charge in [-0.2, -0.15) is 0 Å². The minimum absolute atomic E-state index is 0.386. The highest BCUT2D eigenvalue weighted by atomic mass is 32.2. The lowest BCUT2D eigenvalue weighted by molar-refractivity contribution is 0.538. The Morgan fingerprint density at radius 1 is 1.50 bits per heavy atom. The molecule has 4 nitrogen and oxygen atoms in total. The van der Waals surface area contributed by atoms with Crippen LogP contribution in [0.4, 0.5) is 14.5 Å². The molecule has 0 saturated carbocycles. The number of nitrogens with two attached hydrogens (primary N) is 1. The quantitative estimate of drug-likeness (QED) is 0.636. The van der Waals surface area contributed by atoms with Crippen molar-refractivity contribution in [3.05, 3.63) is 36.4 Å². The van der Waals surface area contributed by atoms with E-state index in [9.17, 15) is 17.2 Å². The van der Waals surface area contributed by atoms with Crippen LogP contribution in [0.15, 0.2) is 29.7 Å². The smallest absolute Gasteiger partial charge is 0.243 e. The second kappa shape index (κ2) is 5.45. The zero-order valence-corrected chi connectivity index (χ0v) is 10.6. The second-order valence-corrected chi connectivity index (χ2v) is 5.50. The molecule has 1 aromatic rings. The maximum absolute atomic E-state index is 13.6. The van der Waals surface area contributed by atoms with Crippen molar-refractivity contribution in [1.82, 2.24) is 4.72 Å². The summed E-state index contributed by atoms with van der Waals surface area (Å²) in [5.74, 6) is -2.28. The molecule has 0 aliphatic heterocycles. The molecule has 0 fully saturated rings. The molecule has 0 bridgehead atoms. The highest BCUT2D eigenvalue weighted by Crippen LogP contribution is 2.22. The fourth-order valence-corrected chi connectivity index (χ4v) is 2.73. The van der Waals surface area contributed by atoms with Gasteiger partial charge >= 0.3 is 0 Å². The Balaban J connectivity index is 3.13. The maximum Gasteiger partial charge on any atom is 0.243 e. The fraction of sp³-hybridized carbons (Fsp3) is 0.273. The van der Waals surface area contributed by atoms with Crippen LogP contribution < -0.4 is 10.5 Å². The molecule has 1 atom stereocenters. The molecule has 1 unspecified atom stereocenters. The third-order valence-electron chi connectivity index (χ3n) is 2.26. The molecule has 0 radical (unpaired) electrons. The van der Waals surface area contributed by atoms with Gasteiger partial charge in [0.2, 0.25) is 10.0 Å². The van der Waals surface area contributed by atoms with Crippen molar-refractivity contribution in [3.8, 4) is 0 Å². The average molecular weight is 276 g/mol. The van der Waals surface area contributed by atoms with Gasteiger partial charge in [-0.3, -0.25) is 0 Å². The number of hydrogen-bond acceptors (Lipinski definition) is 3. The van der Waals surface area contributed by atoms with Gasteiger partial charge in [-0.25, -0.2) is 21.9 Å². The Labute approximate surface area is 105 Å². The van der Waals surface area contributed by atoms with Gasteiger partial charge in [-0.15, -0.1) is 6.58 Å². The lowest BCUT2D eigenvalue weighted by atomic mass is 10.3. The van der Waals surface area contributed by atoms with Gasteiger partial charge in [0.25, 0.3) is 0 Å². The lowest BCUT2D eigenvalue weighted by Crippen LogP contribution is -2.32. The molecule has 1 rings (SSSR count). The zero-order valence-electron chi connectivity index (χ0n) is 9.78. The van der Waals surface area contributed by atoms with Gasteiger partial charge in [0.1, 0.15) is 16.4 Å². The van der Waals surface area contributed by atoms with Crippen LogP contribution >= 0.6 is 0 Å². The Hall–Kier alpha value is -1.47. The van der Waals surface area contributed by atoms with Crippen LogP contribution in [0.2, 0.25) is 0 Å². The van der Waals surface area contributed by atoms with Crippen LogP contribution in [0.25, 0.3) is 0 Å². The normalized spacial score (nSPS) is 13.3. The van der Waals surface area contributed by atoms with Crippen LogP contribution in [-0.4, -0.2) is 14.5 Å². The van der Waals surface area contributed by atoms with E-state index < -0.39 is 38.3 Å². The molecule has 100 valence electrons. The molecule has 1 aromatic carbocycles. The SMILES string of the molecule is C=CCC(C)NS(=O)(=O)c1ccc(F)c(N)c1F. The number of nitrogens with one attached hydrogen (secondary N) is 1. The first kappa shape index (κ1) is 14.6. The highest BCUT2D eigenvalue weighted by molar-refractivity contribution is 7.89. The standard InChI is InChI=1S/C11H14F2N2O2S/c1-3-4-7(2)15-18(16,17)9-6-5-8(12)11(14)10(9)13/h3,5-7,15H,1,4,14H2,2H3. The molecule has 0 aliphatic carbocycles. The molecule has 7 heteroatoms. The summed E-state index contributed by atoms with van der Waals surface area (Å²) in [6.45, 7) is 5.07. The summed E-state index contributed by atoms with van der Waals surface area (Å²) in [5.41, 5.74) is 4.30. The number of halogens is 2. The van der Waals surface area contributed by atoms with Crippen molar-refractivity contribution < 1.29 is 17.2 Å². The molecule has 3 N–H and O–H groups in total. The monoisotopic (exact) mass is 276 g/mol. The predicted octanol–water partition coefficient (Wildman–Crippen LogP) is 1.79. The van der Waals surface area contributed by atoms with E-state index >= 15 is 0 Å². The molecule has 0 saturated heterocycles. The third kappa shape index (κ3) is 3.05. The summed E-state index contributed by atoms with van der Waals surface area (Å²) in [6, 6.07) is 1.20. The molecule has 0 spiro atoms. The molecule has 0 heterocycles. The molecule has 0 aromatic heterocycles. The zero-order chi connectivity index (χ0) is 13.9. The van der Waals surface area contributed by atoms with Crippen LogP contribution in [0, 0.1) is 11.6 Å². The van der Waals surface area contributed by atoms with E-state index in [1.165, 1.54) is 6.08 Å². The maximum atomic E-state index is 13.6. The van der Waals surface area contributed by atoms with Crippen molar-refractivity contribution in [2.45, 2.75) is 24.3 Å². The van der Waals surface area contributed by atoms with Crippen LogP contribution in [0.5, 0.6) is 0 Å². The van der Waals surface area contributed by atoms with E-state index in [2.05, 4.69) is 11.3 Å². The summed E-state index contributed by atoms with van der Waals surface area (Å²) < 4.78 is 52.4. The summed E-state index contributed by atoms with van der Waals surface area (Å²) in [7, 11) is -4.07. The number of hydrogen-bond donors (Lipinski definition) is 2. The molecule has 0 aliphatic rings. The summed E-state index contributed by atoms with van der Waals surface area (Å²) in [4.78, 5) is -0.669. The number of rotatable bonds is 5. The molecule has 0 amide bonds. The number of sulfonamides is 1. The van der Waals surface area contributed by atoms with E-state index in [0.717, 1.165) is 12.1 Å². The third-order valence-corrected chi connectivity index (χ3v) is 3.86. The molecular formula is C11H14F2N2O2S. The Kier molecular flexibility index (Phi) is 4.42. The first-order chi connectivity index (χ1) is 8.29. The largest absolute Gasteiger partial charge is 0.394 e. The van der Waals surface area contributed by atoms with E-state index in [1.54, 1.807) is 6.92 Å². The molecule has 18 heavy (non-hydrogen) atoms. The fourth-order valence-electron chi connectivity index (χ4n) is 1.38. The van der Waals surface area contributed by atoms with Crippen LogP contribution in [0.3, 0.4) is 0 Å². The van der Waals surface area contributed by atoms with Gasteiger partial charge in [0.05, 0.1) is 0 Å². The van der Waals surface area contributed by atoms with E-state index in [0.29, 0.717) is 6.42 Å².